The molecule has 22 heavy (non-hydrogen) atoms. The summed E-state index contributed by atoms with van der Waals surface area (Å²) in [7, 11) is 0. The molecule has 124 valence electrons. The summed E-state index contributed by atoms with van der Waals surface area (Å²) in [4.78, 5) is 36.2. The van der Waals surface area contributed by atoms with Crippen molar-refractivity contribution < 1.29 is 23.9 Å². The fraction of sp³-hybridized carbons (Fsp3) is 0.800. The highest BCUT2D eigenvalue weighted by molar-refractivity contribution is 5.96. The molecule has 7 nitrogen and oxygen atoms in total. The molecule has 7 heteroatoms. The van der Waals surface area contributed by atoms with Crippen molar-refractivity contribution >= 4 is 17.8 Å². The SMILES string of the molecule is CC(C)(C)OC(=O)N[C@@H](C[C@@H]1CCNC1=O)C(=O)[C@@]1(C)CO1. The predicted octanol–water partition coefficient (Wildman–Crippen LogP) is 0.764. The number of Topliss-reactive ketones (excluding diaryl/α,β-unsaturated/α-hetero) is 1. The van der Waals surface area contributed by atoms with Gasteiger partial charge in [0.15, 0.2) is 5.78 Å². The zero-order chi connectivity index (χ0) is 16.5. The molecule has 2 heterocycles. The van der Waals surface area contributed by atoms with Crippen LogP contribution in [0.4, 0.5) is 4.79 Å². The zero-order valence-electron chi connectivity index (χ0n) is 13.5. The fourth-order valence-corrected chi connectivity index (χ4v) is 2.45. The van der Waals surface area contributed by atoms with Gasteiger partial charge in [-0.1, -0.05) is 0 Å². The van der Waals surface area contributed by atoms with Crippen LogP contribution in [-0.4, -0.2) is 48.2 Å². The maximum absolute atomic E-state index is 12.5. The van der Waals surface area contributed by atoms with Gasteiger partial charge >= 0.3 is 6.09 Å². The molecular formula is C15H24N2O5. The second-order valence-corrected chi connectivity index (χ2v) is 7.09. The first-order chi connectivity index (χ1) is 10.1. The van der Waals surface area contributed by atoms with Crippen molar-refractivity contribution in [3.8, 4) is 0 Å². The van der Waals surface area contributed by atoms with E-state index in [1.165, 1.54) is 0 Å². The van der Waals surface area contributed by atoms with E-state index in [1.54, 1.807) is 27.7 Å². The second-order valence-electron chi connectivity index (χ2n) is 7.09. The Morgan fingerprint density at radius 3 is 2.59 bits per heavy atom. The normalized spacial score (nSPS) is 28.7. The Balaban J connectivity index is 2.03. The quantitative estimate of drug-likeness (QED) is 0.731. The molecule has 0 radical (unpaired) electrons. The summed E-state index contributed by atoms with van der Waals surface area (Å²) < 4.78 is 10.4. The first-order valence-electron chi connectivity index (χ1n) is 7.56. The van der Waals surface area contributed by atoms with Crippen LogP contribution in [0.25, 0.3) is 0 Å². The lowest BCUT2D eigenvalue weighted by molar-refractivity contribution is -0.127. The maximum Gasteiger partial charge on any atom is 0.408 e. The van der Waals surface area contributed by atoms with Crippen LogP contribution in [0.5, 0.6) is 0 Å². The minimum Gasteiger partial charge on any atom is -0.444 e. The highest BCUT2D eigenvalue weighted by Gasteiger charge is 2.51. The number of nitrogens with one attached hydrogen (secondary N) is 2. The van der Waals surface area contributed by atoms with Crippen molar-refractivity contribution in [3.63, 3.8) is 0 Å². The summed E-state index contributed by atoms with van der Waals surface area (Å²) in [5.41, 5.74) is -1.50. The lowest BCUT2D eigenvalue weighted by Crippen LogP contribution is -2.49. The number of hydrogen-bond donors (Lipinski definition) is 2. The lowest BCUT2D eigenvalue weighted by Gasteiger charge is -2.25. The van der Waals surface area contributed by atoms with Gasteiger partial charge in [0.2, 0.25) is 5.91 Å². The second kappa shape index (κ2) is 5.87. The van der Waals surface area contributed by atoms with Crippen molar-refractivity contribution in [2.24, 2.45) is 5.92 Å². The molecule has 0 aromatic rings. The Hall–Kier alpha value is -1.63. The monoisotopic (exact) mass is 312 g/mol. The third kappa shape index (κ3) is 4.19. The van der Waals surface area contributed by atoms with Crippen molar-refractivity contribution in [1.29, 1.82) is 0 Å². The van der Waals surface area contributed by atoms with Gasteiger partial charge in [-0.25, -0.2) is 4.79 Å². The standard InChI is InChI=1S/C15H24N2O5/c1-14(2,3)22-13(20)17-10(11(18)15(4)8-21-15)7-9-5-6-16-12(9)19/h9-10H,5-8H2,1-4H3,(H,16,19)(H,17,20)/t9-,10-,15+/m0/s1. The summed E-state index contributed by atoms with van der Waals surface area (Å²) >= 11 is 0. The maximum atomic E-state index is 12.5. The van der Waals surface area contributed by atoms with Crippen LogP contribution >= 0.6 is 0 Å². The summed E-state index contributed by atoms with van der Waals surface area (Å²) in [6.45, 7) is 7.88. The largest absolute Gasteiger partial charge is 0.444 e. The number of alkyl carbamates (subject to hydrolysis) is 1. The summed E-state index contributed by atoms with van der Waals surface area (Å²) in [5.74, 6) is -0.560. The summed E-state index contributed by atoms with van der Waals surface area (Å²) in [6.07, 6.45) is 0.271. The molecular weight excluding hydrogens is 288 g/mol. The average Bonchev–Trinajstić information content (AvgIpc) is 3.00. The molecule has 2 fully saturated rings. The van der Waals surface area contributed by atoms with Gasteiger partial charge in [0.25, 0.3) is 0 Å². The number of ether oxygens (including phenoxy) is 2. The molecule has 0 saturated carbocycles. The average molecular weight is 312 g/mol. The molecule has 0 unspecified atom stereocenters. The van der Waals surface area contributed by atoms with E-state index < -0.39 is 23.3 Å². The molecule has 3 atom stereocenters. The Morgan fingerprint density at radius 1 is 1.50 bits per heavy atom. The molecule has 2 rings (SSSR count). The van der Waals surface area contributed by atoms with Gasteiger partial charge in [-0.2, -0.15) is 0 Å². The van der Waals surface area contributed by atoms with E-state index in [9.17, 15) is 14.4 Å². The van der Waals surface area contributed by atoms with Gasteiger partial charge in [-0.3, -0.25) is 9.59 Å². The number of carbonyl (C=O) groups excluding carboxylic acids is 3. The Kier molecular flexibility index (Phi) is 4.47. The van der Waals surface area contributed by atoms with Gasteiger partial charge in [0.05, 0.1) is 12.6 Å². The van der Waals surface area contributed by atoms with Crippen molar-refractivity contribution in [1.82, 2.24) is 10.6 Å². The number of hydrogen-bond acceptors (Lipinski definition) is 5. The van der Waals surface area contributed by atoms with Crippen molar-refractivity contribution in [2.75, 3.05) is 13.2 Å². The molecule has 0 bridgehead atoms. The van der Waals surface area contributed by atoms with Crippen LogP contribution in [-0.2, 0) is 19.1 Å². The van der Waals surface area contributed by atoms with Gasteiger partial charge in [0, 0.05) is 12.5 Å². The third-order valence-electron chi connectivity index (χ3n) is 3.79. The van der Waals surface area contributed by atoms with Crippen molar-refractivity contribution in [2.45, 2.75) is 57.8 Å². The van der Waals surface area contributed by atoms with Crippen LogP contribution in [0.2, 0.25) is 0 Å². The minimum atomic E-state index is -0.852. The van der Waals surface area contributed by atoms with Gasteiger partial charge in [0.1, 0.15) is 11.2 Å². The highest BCUT2D eigenvalue weighted by Crippen LogP contribution is 2.30. The number of rotatable bonds is 5. The molecule has 2 N–H and O–H groups in total. The Morgan fingerprint density at radius 2 is 2.14 bits per heavy atom. The summed E-state index contributed by atoms with van der Waals surface area (Å²) in [5, 5.41) is 5.33. The Bertz CT molecular complexity index is 479. The van der Waals surface area contributed by atoms with E-state index in [4.69, 9.17) is 9.47 Å². The van der Waals surface area contributed by atoms with Gasteiger partial charge in [-0.05, 0) is 40.5 Å². The van der Waals surface area contributed by atoms with Crippen LogP contribution in [0.3, 0.4) is 0 Å². The lowest BCUT2D eigenvalue weighted by atomic mass is 9.91. The molecule has 0 aromatic carbocycles. The van der Waals surface area contributed by atoms with Crippen LogP contribution in [0, 0.1) is 5.92 Å². The molecule has 2 amide bonds. The number of amides is 2. The van der Waals surface area contributed by atoms with Crippen LogP contribution < -0.4 is 10.6 Å². The first-order valence-corrected chi connectivity index (χ1v) is 7.56. The van der Waals surface area contributed by atoms with Crippen molar-refractivity contribution in [3.05, 3.63) is 0 Å². The summed E-state index contributed by atoms with van der Waals surface area (Å²) in [6, 6.07) is -0.781. The first kappa shape index (κ1) is 16.7. The molecule has 0 aliphatic carbocycles. The third-order valence-corrected chi connectivity index (χ3v) is 3.79. The van der Waals surface area contributed by atoms with E-state index in [-0.39, 0.29) is 24.0 Å². The fourth-order valence-electron chi connectivity index (χ4n) is 2.45. The molecule has 0 spiro atoms. The Labute approximate surface area is 130 Å². The minimum absolute atomic E-state index is 0.0781. The number of ketones is 1. The highest BCUT2D eigenvalue weighted by atomic mass is 16.6. The number of carbonyl (C=O) groups is 3. The topological polar surface area (TPSA) is 97.0 Å². The van der Waals surface area contributed by atoms with Crippen LogP contribution in [0.15, 0.2) is 0 Å². The zero-order valence-corrected chi connectivity index (χ0v) is 13.5. The molecule has 2 aliphatic rings. The number of epoxide rings is 1. The van der Waals surface area contributed by atoms with E-state index in [0.717, 1.165) is 0 Å². The van der Waals surface area contributed by atoms with Gasteiger partial charge < -0.3 is 20.1 Å². The van der Waals surface area contributed by atoms with Crippen LogP contribution in [0.1, 0.15) is 40.5 Å². The van der Waals surface area contributed by atoms with Gasteiger partial charge in [-0.15, -0.1) is 0 Å². The van der Waals surface area contributed by atoms with E-state index in [2.05, 4.69) is 10.6 Å². The smallest absolute Gasteiger partial charge is 0.408 e. The molecule has 2 saturated heterocycles. The van der Waals surface area contributed by atoms with E-state index in [0.29, 0.717) is 19.6 Å². The molecule has 0 aromatic heterocycles. The van der Waals surface area contributed by atoms with E-state index in [1.807, 2.05) is 0 Å². The molecule has 2 aliphatic heterocycles. The predicted molar refractivity (Wildman–Crippen MR) is 78.3 cm³/mol. The van der Waals surface area contributed by atoms with E-state index >= 15 is 0 Å².